The van der Waals surface area contributed by atoms with Gasteiger partial charge >= 0.3 is 0 Å². The highest BCUT2D eigenvalue weighted by Gasteiger charge is 2.26. The summed E-state index contributed by atoms with van der Waals surface area (Å²) in [7, 11) is 2.19. The first-order chi connectivity index (χ1) is 8.78. The third-order valence-electron chi connectivity index (χ3n) is 4.03. The van der Waals surface area contributed by atoms with Crippen LogP contribution in [0.5, 0.6) is 0 Å². The van der Waals surface area contributed by atoms with Gasteiger partial charge in [-0.3, -0.25) is 0 Å². The van der Waals surface area contributed by atoms with Crippen molar-refractivity contribution in [3.63, 3.8) is 0 Å². The van der Waals surface area contributed by atoms with Crippen LogP contribution in [0.25, 0.3) is 0 Å². The largest absolute Gasteiger partial charge is 0.374 e. The Morgan fingerprint density at radius 3 is 2.94 bits per heavy atom. The maximum absolute atomic E-state index is 5.85. The molecule has 2 aliphatic heterocycles. The molecule has 0 spiro atoms. The fourth-order valence-electron chi connectivity index (χ4n) is 2.99. The number of hydrogen-bond donors (Lipinski definition) is 1. The van der Waals surface area contributed by atoms with Gasteiger partial charge in [-0.2, -0.15) is 0 Å². The lowest BCUT2D eigenvalue weighted by molar-refractivity contribution is -0.0331. The van der Waals surface area contributed by atoms with E-state index in [1.807, 2.05) is 0 Å². The second-order valence-electron chi connectivity index (χ2n) is 5.87. The summed E-state index contributed by atoms with van der Waals surface area (Å²) < 4.78 is 5.85. The first-order valence-electron chi connectivity index (χ1n) is 7.51. The molecule has 0 aromatic carbocycles. The lowest BCUT2D eigenvalue weighted by Gasteiger charge is -2.32. The van der Waals surface area contributed by atoms with Crippen LogP contribution in [0, 0.1) is 5.92 Å². The van der Waals surface area contributed by atoms with Gasteiger partial charge in [0.25, 0.3) is 0 Å². The van der Waals surface area contributed by atoms with Crippen LogP contribution in [0.2, 0.25) is 0 Å². The summed E-state index contributed by atoms with van der Waals surface area (Å²) in [5.41, 5.74) is 0. The normalized spacial score (nSPS) is 31.0. The monoisotopic (exact) mass is 255 g/mol. The molecule has 2 heterocycles. The minimum absolute atomic E-state index is 0.422. The average molecular weight is 255 g/mol. The SMILES string of the molecule is CCCNCC1CCN(CC2CN(C)CCO2)C1. The summed E-state index contributed by atoms with van der Waals surface area (Å²) >= 11 is 0. The zero-order chi connectivity index (χ0) is 12.8. The van der Waals surface area contributed by atoms with Crippen LogP contribution in [-0.4, -0.2) is 75.4 Å². The van der Waals surface area contributed by atoms with Gasteiger partial charge in [0, 0.05) is 26.2 Å². The second-order valence-corrected chi connectivity index (χ2v) is 5.87. The van der Waals surface area contributed by atoms with Gasteiger partial charge in [0.2, 0.25) is 0 Å². The molecule has 4 heteroatoms. The minimum Gasteiger partial charge on any atom is -0.374 e. The van der Waals surface area contributed by atoms with Crippen LogP contribution in [0.1, 0.15) is 19.8 Å². The molecule has 2 rings (SSSR count). The van der Waals surface area contributed by atoms with E-state index in [-0.39, 0.29) is 0 Å². The van der Waals surface area contributed by atoms with Crippen molar-refractivity contribution >= 4 is 0 Å². The van der Waals surface area contributed by atoms with Crippen LogP contribution < -0.4 is 5.32 Å². The minimum atomic E-state index is 0.422. The molecule has 18 heavy (non-hydrogen) atoms. The number of likely N-dealkylation sites (N-methyl/N-ethyl adjacent to an activating group) is 1. The Bertz CT molecular complexity index is 237. The van der Waals surface area contributed by atoms with Crippen molar-refractivity contribution in [2.75, 3.05) is 59.5 Å². The zero-order valence-corrected chi connectivity index (χ0v) is 12.0. The molecule has 106 valence electrons. The van der Waals surface area contributed by atoms with Gasteiger partial charge in [-0.25, -0.2) is 0 Å². The summed E-state index contributed by atoms with van der Waals surface area (Å²) in [6.45, 7) is 11.3. The van der Waals surface area contributed by atoms with E-state index in [4.69, 9.17) is 4.74 Å². The quantitative estimate of drug-likeness (QED) is 0.705. The van der Waals surface area contributed by atoms with Crippen LogP contribution in [0.3, 0.4) is 0 Å². The number of morpholine rings is 1. The lowest BCUT2D eigenvalue weighted by Crippen LogP contribution is -2.45. The molecule has 1 N–H and O–H groups in total. The lowest BCUT2D eigenvalue weighted by atomic mass is 10.1. The van der Waals surface area contributed by atoms with Gasteiger partial charge in [-0.05, 0) is 45.4 Å². The number of hydrogen-bond acceptors (Lipinski definition) is 4. The predicted octanol–water partition coefficient (Wildman–Crippen LogP) is 0.639. The van der Waals surface area contributed by atoms with Crippen molar-refractivity contribution in [1.29, 1.82) is 0 Å². The Balaban J connectivity index is 1.63. The van der Waals surface area contributed by atoms with E-state index in [0.717, 1.165) is 38.7 Å². The molecule has 0 saturated carbocycles. The van der Waals surface area contributed by atoms with E-state index in [1.165, 1.54) is 32.5 Å². The molecule has 4 nitrogen and oxygen atoms in total. The first kappa shape index (κ1) is 14.3. The van der Waals surface area contributed by atoms with Gasteiger partial charge in [-0.15, -0.1) is 0 Å². The maximum atomic E-state index is 5.85. The molecule has 2 fully saturated rings. The van der Waals surface area contributed by atoms with Gasteiger partial charge in [0.15, 0.2) is 0 Å². The summed E-state index contributed by atoms with van der Waals surface area (Å²) in [4.78, 5) is 4.96. The van der Waals surface area contributed by atoms with Crippen molar-refractivity contribution in [2.45, 2.75) is 25.9 Å². The highest BCUT2D eigenvalue weighted by atomic mass is 16.5. The third-order valence-corrected chi connectivity index (χ3v) is 4.03. The number of ether oxygens (including phenoxy) is 1. The highest BCUT2D eigenvalue weighted by Crippen LogP contribution is 2.17. The zero-order valence-electron chi connectivity index (χ0n) is 12.0. The third kappa shape index (κ3) is 4.50. The number of nitrogens with one attached hydrogen (secondary N) is 1. The molecule has 2 atom stereocenters. The smallest absolute Gasteiger partial charge is 0.0829 e. The molecule has 0 bridgehead atoms. The number of likely N-dealkylation sites (tertiary alicyclic amines) is 1. The summed E-state index contributed by atoms with van der Waals surface area (Å²) in [5, 5.41) is 3.54. The Labute approximate surface area is 112 Å². The second kappa shape index (κ2) is 7.43. The molecule has 0 amide bonds. The van der Waals surface area contributed by atoms with Crippen LogP contribution in [-0.2, 0) is 4.74 Å². The topological polar surface area (TPSA) is 27.7 Å². The predicted molar refractivity (Wildman–Crippen MR) is 74.9 cm³/mol. The summed E-state index contributed by atoms with van der Waals surface area (Å²) in [6.07, 6.45) is 3.00. The van der Waals surface area contributed by atoms with Gasteiger partial charge in [-0.1, -0.05) is 6.92 Å². The molecule has 0 aliphatic carbocycles. The molecular weight excluding hydrogens is 226 g/mol. The Morgan fingerprint density at radius 2 is 2.17 bits per heavy atom. The van der Waals surface area contributed by atoms with Crippen LogP contribution in [0.4, 0.5) is 0 Å². The Morgan fingerprint density at radius 1 is 1.28 bits per heavy atom. The van der Waals surface area contributed by atoms with Crippen molar-refractivity contribution in [3.8, 4) is 0 Å². The van der Waals surface area contributed by atoms with E-state index in [2.05, 4.69) is 29.1 Å². The number of rotatable bonds is 6. The van der Waals surface area contributed by atoms with Gasteiger partial charge in [0.1, 0.15) is 0 Å². The molecule has 2 saturated heterocycles. The summed E-state index contributed by atoms with van der Waals surface area (Å²) in [6, 6.07) is 0. The fourth-order valence-corrected chi connectivity index (χ4v) is 2.99. The van der Waals surface area contributed by atoms with Crippen molar-refractivity contribution in [1.82, 2.24) is 15.1 Å². The Hall–Kier alpha value is -0.160. The van der Waals surface area contributed by atoms with Gasteiger partial charge in [0.05, 0.1) is 12.7 Å². The van der Waals surface area contributed by atoms with Crippen LogP contribution >= 0.6 is 0 Å². The van der Waals surface area contributed by atoms with E-state index < -0.39 is 0 Å². The van der Waals surface area contributed by atoms with Crippen molar-refractivity contribution < 1.29 is 4.74 Å². The van der Waals surface area contributed by atoms with E-state index >= 15 is 0 Å². The average Bonchev–Trinajstić information content (AvgIpc) is 2.77. The van der Waals surface area contributed by atoms with E-state index in [0.29, 0.717) is 6.10 Å². The van der Waals surface area contributed by atoms with Crippen molar-refractivity contribution in [2.24, 2.45) is 5.92 Å². The van der Waals surface area contributed by atoms with Crippen molar-refractivity contribution in [3.05, 3.63) is 0 Å². The Kier molecular flexibility index (Phi) is 5.89. The molecule has 2 unspecified atom stereocenters. The van der Waals surface area contributed by atoms with Gasteiger partial charge < -0.3 is 19.9 Å². The molecule has 0 aromatic rings. The molecule has 2 aliphatic rings. The molecule has 0 aromatic heterocycles. The standard InChI is InChI=1S/C14H29N3O/c1-3-5-15-9-13-4-6-17(10-13)12-14-11-16(2)7-8-18-14/h13-15H,3-12H2,1-2H3. The van der Waals surface area contributed by atoms with E-state index in [9.17, 15) is 0 Å². The summed E-state index contributed by atoms with van der Waals surface area (Å²) in [5.74, 6) is 0.845. The fraction of sp³-hybridized carbons (Fsp3) is 1.00. The molecular formula is C14H29N3O. The van der Waals surface area contributed by atoms with Crippen LogP contribution in [0.15, 0.2) is 0 Å². The number of nitrogens with zero attached hydrogens (tertiary/aromatic N) is 2. The highest BCUT2D eigenvalue weighted by molar-refractivity contribution is 4.81. The maximum Gasteiger partial charge on any atom is 0.0829 e. The molecule has 0 radical (unpaired) electrons. The first-order valence-corrected chi connectivity index (χ1v) is 7.51. The van der Waals surface area contributed by atoms with E-state index in [1.54, 1.807) is 0 Å².